The van der Waals surface area contributed by atoms with Crippen molar-refractivity contribution in [3.8, 4) is 0 Å². The van der Waals surface area contributed by atoms with Crippen LogP contribution in [0, 0.1) is 13.8 Å². The van der Waals surface area contributed by atoms with Crippen molar-refractivity contribution in [2.75, 3.05) is 0 Å². The number of nitrogens with zero attached hydrogens (tertiary/aromatic N) is 2. The third-order valence-electron chi connectivity index (χ3n) is 2.68. The highest BCUT2D eigenvalue weighted by atomic mass is 14.8. The van der Waals surface area contributed by atoms with Gasteiger partial charge < -0.3 is 0 Å². The maximum absolute atomic E-state index is 4.56. The summed E-state index contributed by atoms with van der Waals surface area (Å²) in [5.41, 5.74) is 5.41. The predicted molar refractivity (Wildman–Crippen MR) is 63.0 cm³/mol. The largest absolute Gasteiger partial charge is 0.250 e. The first-order chi connectivity index (χ1) is 7.20. The molecule has 1 aromatic heterocycles. The number of aryl methyl sites for hydroxylation is 3. The number of aromatic nitrogens is 2. The Kier molecular flexibility index (Phi) is 2.67. The summed E-state index contributed by atoms with van der Waals surface area (Å²) in [6, 6.07) is 6.37. The first-order valence-corrected chi connectivity index (χ1v) is 5.44. The van der Waals surface area contributed by atoms with Gasteiger partial charge in [0.15, 0.2) is 0 Å². The van der Waals surface area contributed by atoms with Gasteiger partial charge in [-0.3, -0.25) is 0 Å². The lowest BCUT2D eigenvalue weighted by molar-refractivity contribution is 0.922. The Labute approximate surface area is 90.4 Å². The van der Waals surface area contributed by atoms with Crippen molar-refractivity contribution < 1.29 is 0 Å². The van der Waals surface area contributed by atoms with Crippen LogP contribution in [0.15, 0.2) is 18.2 Å². The zero-order valence-corrected chi connectivity index (χ0v) is 9.54. The Balaban J connectivity index is 2.56. The third kappa shape index (κ3) is 1.99. The van der Waals surface area contributed by atoms with E-state index in [1.54, 1.807) is 0 Å². The van der Waals surface area contributed by atoms with Crippen molar-refractivity contribution in [3.05, 3.63) is 35.2 Å². The van der Waals surface area contributed by atoms with Crippen LogP contribution in [0.25, 0.3) is 11.0 Å². The number of hydrogen-bond acceptors (Lipinski definition) is 2. The molecule has 0 aliphatic heterocycles. The fourth-order valence-electron chi connectivity index (χ4n) is 1.72. The van der Waals surface area contributed by atoms with E-state index in [0.29, 0.717) is 0 Å². The van der Waals surface area contributed by atoms with Crippen LogP contribution in [0.3, 0.4) is 0 Å². The second-order valence-corrected chi connectivity index (χ2v) is 3.97. The summed E-state index contributed by atoms with van der Waals surface area (Å²) >= 11 is 0. The lowest BCUT2D eigenvalue weighted by atomic mass is 10.1. The molecule has 0 N–H and O–H groups in total. The van der Waals surface area contributed by atoms with Gasteiger partial charge in [0.2, 0.25) is 0 Å². The van der Waals surface area contributed by atoms with Crippen molar-refractivity contribution in [3.63, 3.8) is 0 Å². The average Bonchev–Trinajstić information content (AvgIpc) is 2.21. The van der Waals surface area contributed by atoms with Crippen molar-refractivity contribution in [1.29, 1.82) is 0 Å². The fourth-order valence-corrected chi connectivity index (χ4v) is 1.72. The molecule has 0 amide bonds. The standard InChI is InChI=1S/C13H16N2/c1-4-5-11-6-7-12-13(8-11)15-10(3)9(2)14-12/h6-8H,4-5H2,1-3H3. The lowest BCUT2D eigenvalue weighted by Crippen LogP contribution is -1.94. The van der Waals surface area contributed by atoms with E-state index in [1.807, 2.05) is 13.8 Å². The number of rotatable bonds is 2. The van der Waals surface area contributed by atoms with Crippen LogP contribution in [0.2, 0.25) is 0 Å². The van der Waals surface area contributed by atoms with E-state index < -0.39 is 0 Å². The molecule has 15 heavy (non-hydrogen) atoms. The molecule has 2 nitrogen and oxygen atoms in total. The number of hydrogen-bond donors (Lipinski definition) is 0. The van der Waals surface area contributed by atoms with Crippen LogP contribution in [0.1, 0.15) is 30.3 Å². The van der Waals surface area contributed by atoms with E-state index in [0.717, 1.165) is 28.8 Å². The minimum absolute atomic E-state index is 0.998. The molecule has 0 saturated heterocycles. The first kappa shape index (κ1) is 10.1. The van der Waals surface area contributed by atoms with E-state index in [9.17, 15) is 0 Å². The van der Waals surface area contributed by atoms with Gasteiger partial charge in [0.05, 0.1) is 22.4 Å². The van der Waals surface area contributed by atoms with Crippen LogP contribution in [0.5, 0.6) is 0 Å². The molecule has 1 aromatic carbocycles. The Morgan fingerprint density at radius 3 is 2.33 bits per heavy atom. The summed E-state index contributed by atoms with van der Waals surface area (Å²) in [5.74, 6) is 0. The highest BCUT2D eigenvalue weighted by molar-refractivity contribution is 5.75. The summed E-state index contributed by atoms with van der Waals surface area (Å²) in [4.78, 5) is 9.07. The average molecular weight is 200 g/mol. The normalized spacial score (nSPS) is 10.9. The molecule has 0 bridgehead atoms. The van der Waals surface area contributed by atoms with Gasteiger partial charge in [-0.1, -0.05) is 19.4 Å². The Morgan fingerprint density at radius 2 is 1.67 bits per heavy atom. The lowest BCUT2D eigenvalue weighted by Gasteiger charge is -2.04. The van der Waals surface area contributed by atoms with Crippen molar-refractivity contribution in [2.24, 2.45) is 0 Å². The Morgan fingerprint density at radius 1 is 1.00 bits per heavy atom. The molecule has 1 heterocycles. The van der Waals surface area contributed by atoms with Gasteiger partial charge in [-0.15, -0.1) is 0 Å². The molecule has 0 spiro atoms. The second-order valence-electron chi connectivity index (χ2n) is 3.97. The molecule has 0 fully saturated rings. The summed E-state index contributed by atoms with van der Waals surface area (Å²) in [7, 11) is 0. The van der Waals surface area contributed by atoms with E-state index >= 15 is 0 Å². The SMILES string of the molecule is CCCc1ccc2nc(C)c(C)nc2c1. The van der Waals surface area contributed by atoms with E-state index in [1.165, 1.54) is 12.0 Å². The van der Waals surface area contributed by atoms with Gasteiger partial charge in [-0.05, 0) is 38.0 Å². The van der Waals surface area contributed by atoms with Crippen LogP contribution in [0.4, 0.5) is 0 Å². The maximum atomic E-state index is 4.56. The van der Waals surface area contributed by atoms with Crippen molar-refractivity contribution >= 4 is 11.0 Å². The minimum atomic E-state index is 0.998. The first-order valence-electron chi connectivity index (χ1n) is 5.44. The quantitative estimate of drug-likeness (QED) is 0.744. The van der Waals surface area contributed by atoms with E-state index in [4.69, 9.17) is 0 Å². The second kappa shape index (κ2) is 3.97. The zero-order chi connectivity index (χ0) is 10.8. The van der Waals surface area contributed by atoms with Crippen molar-refractivity contribution in [1.82, 2.24) is 9.97 Å². The van der Waals surface area contributed by atoms with E-state index in [2.05, 4.69) is 35.1 Å². The molecule has 0 aliphatic rings. The molecule has 0 aliphatic carbocycles. The monoisotopic (exact) mass is 200 g/mol. The van der Waals surface area contributed by atoms with Crippen LogP contribution >= 0.6 is 0 Å². The Bertz CT molecular complexity index is 489. The highest BCUT2D eigenvalue weighted by Gasteiger charge is 2.01. The van der Waals surface area contributed by atoms with Crippen LogP contribution < -0.4 is 0 Å². The number of fused-ring (bicyclic) bond motifs is 1. The molecule has 2 aromatic rings. The molecular formula is C13H16N2. The van der Waals surface area contributed by atoms with Crippen LogP contribution in [-0.2, 0) is 6.42 Å². The maximum Gasteiger partial charge on any atom is 0.0892 e. The summed E-state index contributed by atoms with van der Waals surface area (Å²) in [6.07, 6.45) is 2.29. The van der Waals surface area contributed by atoms with Gasteiger partial charge in [-0.25, -0.2) is 9.97 Å². The molecule has 2 heteroatoms. The predicted octanol–water partition coefficient (Wildman–Crippen LogP) is 3.20. The highest BCUT2D eigenvalue weighted by Crippen LogP contribution is 2.15. The Hall–Kier alpha value is -1.44. The molecule has 0 atom stereocenters. The van der Waals surface area contributed by atoms with Gasteiger partial charge in [0.1, 0.15) is 0 Å². The minimum Gasteiger partial charge on any atom is -0.250 e. The molecule has 0 radical (unpaired) electrons. The fraction of sp³-hybridized carbons (Fsp3) is 0.385. The molecule has 78 valence electrons. The third-order valence-corrected chi connectivity index (χ3v) is 2.68. The van der Waals surface area contributed by atoms with Crippen LogP contribution in [-0.4, -0.2) is 9.97 Å². The summed E-state index contributed by atoms with van der Waals surface area (Å²) in [6.45, 7) is 6.20. The molecular weight excluding hydrogens is 184 g/mol. The van der Waals surface area contributed by atoms with E-state index in [-0.39, 0.29) is 0 Å². The number of benzene rings is 1. The van der Waals surface area contributed by atoms with Gasteiger partial charge in [0.25, 0.3) is 0 Å². The summed E-state index contributed by atoms with van der Waals surface area (Å²) < 4.78 is 0. The topological polar surface area (TPSA) is 25.8 Å². The molecule has 0 unspecified atom stereocenters. The van der Waals surface area contributed by atoms with Crippen molar-refractivity contribution in [2.45, 2.75) is 33.6 Å². The van der Waals surface area contributed by atoms with Gasteiger partial charge >= 0.3 is 0 Å². The zero-order valence-electron chi connectivity index (χ0n) is 9.54. The molecule has 2 rings (SSSR count). The van der Waals surface area contributed by atoms with Gasteiger partial charge in [0, 0.05) is 0 Å². The summed E-state index contributed by atoms with van der Waals surface area (Å²) in [5, 5.41) is 0. The molecule has 0 saturated carbocycles. The smallest absolute Gasteiger partial charge is 0.0892 e. The van der Waals surface area contributed by atoms with Gasteiger partial charge in [-0.2, -0.15) is 0 Å².